The van der Waals surface area contributed by atoms with Gasteiger partial charge in [-0.3, -0.25) is 4.79 Å². The number of aromatic hydroxyl groups is 1. The molecule has 0 saturated heterocycles. The molecule has 20 heavy (non-hydrogen) atoms. The highest BCUT2D eigenvalue weighted by atomic mass is 32.2. The molecule has 1 aromatic rings. The molecule has 0 heterocycles. The first-order valence-corrected chi connectivity index (χ1v) is 8.04. The molecule has 0 bridgehead atoms. The highest BCUT2D eigenvalue weighted by Crippen LogP contribution is 2.38. The second-order valence-corrected chi connectivity index (χ2v) is 7.25. The molecule has 1 N–H and O–H groups in total. The summed E-state index contributed by atoms with van der Waals surface area (Å²) in [5, 5.41) is 9.06. The molecule has 0 aromatic heterocycles. The summed E-state index contributed by atoms with van der Waals surface area (Å²) in [6, 6.07) is 4.44. The molecule has 5 nitrogen and oxygen atoms in total. The van der Waals surface area contributed by atoms with Gasteiger partial charge in [0.05, 0.1) is 18.3 Å². The fraction of sp³-hybridized carbons (Fsp3) is 0.500. The molecule has 0 amide bonds. The van der Waals surface area contributed by atoms with Gasteiger partial charge in [-0.1, -0.05) is 12.5 Å². The lowest BCUT2D eigenvalue weighted by molar-refractivity contribution is -0.145. The highest BCUT2D eigenvalue weighted by molar-refractivity contribution is 7.92. The third kappa shape index (κ3) is 2.52. The van der Waals surface area contributed by atoms with E-state index in [9.17, 15) is 18.3 Å². The Morgan fingerprint density at radius 3 is 2.65 bits per heavy atom. The van der Waals surface area contributed by atoms with Crippen LogP contribution >= 0.6 is 0 Å². The van der Waals surface area contributed by atoms with Gasteiger partial charge in [0.2, 0.25) is 0 Å². The molecule has 1 aromatic carbocycles. The van der Waals surface area contributed by atoms with E-state index < -0.39 is 27.0 Å². The first-order valence-electron chi connectivity index (χ1n) is 6.49. The van der Waals surface area contributed by atoms with Crippen LogP contribution in [0.2, 0.25) is 0 Å². The number of carbonyl (C=O) groups is 1. The highest BCUT2D eigenvalue weighted by Gasteiger charge is 2.43. The van der Waals surface area contributed by atoms with Gasteiger partial charge < -0.3 is 9.84 Å². The fourth-order valence-corrected chi connectivity index (χ4v) is 4.84. The Labute approximate surface area is 118 Å². The number of ether oxygens (including phenoxy) is 1. The third-order valence-electron chi connectivity index (χ3n) is 3.78. The van der Waals surface area contributed by atoms with Crippen LogP contribution in [-0.2, 0) is 19.4 Å². The Morgan fingerprint density at radius 1 is 1.35 bits per heavy atom. The monoisotopic (exact) mass is 298 g/mol. The van der Waals surface area contributed by atoms with Gasteiger partial charge in [-0.05, 0) is 37.5 Å². The second kappa shape index (κ2) is 5.44. The SMILES string of the molecule is COC(=O)[C@H]1CCC[C@@H]1S(=O)(=O)c1ccc(C)cc1O. The number of aryl methyl sites for hydroxylation is 1. The molecule has 0 aliphatic heterocycles. The van der Waals surface area contributed by atoms with Crippen molar-refractivity contribution in [2.24, 2.45) is 5.92 Å². The van der Waals surface area contributed by atoms with Crippen molar-refractivity contribution in [3.8, 4) is 5.75 Å². The van der Waals surface area contributed by atoms with Crippen LogP contribution in [0.4, 0.5) is 0 Å². The number of carbonyl (C=O) groups excluding carboxylic acids is 1. The zero-order valence-corrected chi connectivity index (χ0v) is 12.3. The van der Waals surface area contributed by atoms with E-state index in [1.54, 1.807) is 13.0 Å². The Bertz CT molecular complexity index is 620. The van der Waals surface area contributed by atoms with Gasteiger partial charge >= 0.3 is 5.97 Å². The predicted octanol–water partition coefficient (Wildman–Crippen LogP) is 1.82. The molecule has 1 saturated carbocycles. The number of esters is 1. The number of methoxy groups -OCH3 is 1. The number of phenolic OH excluding ortho intramolecular Hbond substituents is 1. The van der Waals surface area contributed by atoms with Crippen molar-refractivity contribution in [2.45, 2.75) is 36.3 Å². The Kier molecular flexibility index (Phi) is 4.04. The Hall–Kier alpha value is -1.56. The quantitative estimate of drug-likeness (QED) is 0.861. The normalized spacial score (nSPS) is 22.7. The molecule has 6 heteroatoms. The van der Waals surface area contributed by atoms with E-state index in [0.717, 1.165) is 5.56 Å². The first kappa shape index (κ1) is 14.8. The van der Waals surface area contributed by atoms with Crippen molar-refractivity contribution in [2.75, 3.05) is 7.11 Å². The fourth-order valence-electron chi connectivity index (χ4n) is 2.75. The van der Waals surface area contributed by atoms with E-state index in [1.807, 2.05) is 0 Å². The molecule has 1 fully saturated rings. The maximum Gasteiger partial charge on any atom is 0.309 e. The number of benzene rings is 1. The lowest BCUT2D eigenvalue weighted by atomic mass is 10.1. The Morgan fingerprint density at radius 2 is 2.05 bits per heavy atom. The van der Waals surface area contributed by atoms with E-state index in [1.165, 1.54) is 19.2 Å². The van der Waals surface area contributed by atoms with Gasteiger partial charge in [-0.2, -0.15) is 0 Å². The molecule has 2 rings (SSSR count). The van der Waals surface area contributed by atoms with Gasteiger partial charge in [0, 0.05) is 0 Å². The van der Waals surface area contributed by atoms with Gasteiger partial charge in [0.25, 0.3) is 0 Å². The topological polar surface area (TPSA) is 80.7 Å². The summed E-state index contributed by atoms with van der Waals surface area (Å²) in [7, 11) is -2.48. The van der Waals surface area contributed by atoms with Crippen LogP contribution in [0.1, 0.15) is 24.8 Å². The number of phenols is 1. The second-order valence-electron chi connectivity index (χ2n) is 5.12. The largest absolute Gasteiger partial charge is 0.507 e. The number of rotatable bonds is 3. The molecule has 1 aliphatic rings. The zero-order chi connectivity index (χ0) is 14.9. The summed E-state index contributed by atoms with van der Waals surface area (Å²) in [4.78, 5) is 11.6. The Balaban J connectivity index is 2.41. The van der Waals surface area contributed by atoms with Gasteiger partial charge in [0.15, 0.2) is 9.84 Å². The number of hydrogen-bond acceptors (Lipinski definition) is 5. The van der Waals surface area contributed by atoms with E-state index in [-0.39, 0.29) is 10.6 Å². The lowest BCUT2D eigenvalue weighted by Crippen LogP contribution is -2.31. The summed E-state index contributed by atoms with van der Waals surface area (Å²) in [5.41, 5.74) is 0.775. The van der Waals surface area contributed by atoms with Crippen LogP contribution in [0.3, 0.4) is 0 Å². The van der Waals surface area contributed by atoms with Crippen molar-refractivity contribution in [1.82, 2.24) is 0 Å². The third-order valence-corrected chi connectivity index (χ3v) is 6.10. The minimum Gasteiger partial charge on any atom is -0.507 e. The molecule has 0 spiro atoms. The molecule has 2 atom stereocenters. The van der Waals surface area contributed by atoms with Crippen molar-refractivity contribution < 1.29 is 23.1 Å². The molecule has 0 unspecified atom stereocenters. The smallest absolute Gasteiger partial charge is 0.309 e. The summed E-state index contributed by atoms with van der Waals surface area (Å²) in [6.07, 6.45) is 1.58. The van der Waals surface area contributed by atoms with Crippen LogP contribution in [-0.4, -0.2) is 31.9 Å². The number of hydrogen-bond donors (Lipinski definition) is 1. The van der Waals surface area contributed by atoms with Crippen LogP contribution < -0.4 is 0 Å². The summed E-state index contributed by atoms with van der Waals surface area (Å²) < 4.78 is 29.9. The lowest BCUT2D eigenvalue weighted by Gasteiger charge is -2.18. The van der Waals surface area contributed by atoms with E-state index in [0.29, 0.717) is 19.3 Å². The van der Waals surface area contributed by atoms with Crippen molar-refractivity contribution >= 4 is 15.8 Å². The average Bonchev–Trinajstić information content (AvgIpc) is 2.87. The van der Waals surface area contributed by atoms with Crippen molar-refractivity contribution in [1.29, 1.82) is 0 Å². The van der Waals surface area contributed by atoms with Crippen molar-refractivity contribution in [3.63, 3.8) is 0 Å². The van der Waals surface area contributed by atoms with Crippen LogP contribution in [0, 0.1) is 12.8 Å². The molecule has 110 valence electrons. The van der Waals surface area contributed by atoms with Crippen LogP contribution in [0.5, 0.6) is 5.75 Å². The summed E-state index contributed by atoms with van der Waals surface area (Å²) in [5.74, 6) is -1.41. The molecular weight excluding hydrogens is 280 g/mol. The molecule has 1 aliphatic carbocycles. The van der Waals surface area contributed by atoms with Gasteiger partial charge in [0.1, 0.15) is 10.6 Å². The van der Waals surface area contributed by atoms with Gasteiger partial charge in [-0.25, -0.2) is 8.42 Å². The maximum absolute atomic E-state index is 12.6. The minimum absolute atomic E-state index is 0.107. The maximum atomic E-state index is 12.6. The van der Waals surface area contributed by atoms with E-state index in [4.69, 9.17) is 0 Å². The van der Waals surface area contributed by atoms with Crippen LogP contribution in [0.25, 0.3) is 0 Å². The molecule has 0 radical (unpaired) electrons. The summed E-state index contributed by atoms with van der Waals surface area (Å²) >= 11 is 0. The molecular formula is C14H18O5S. The summed E-state index contributed by atoms with van der Waals surface area (Å²) in [6.45, 7) is 1.77. The standard InChI is InChI=1S/C14H18O5S/c1-9-6-7-13(11(15)8-9)20(17,18)12-5-3-4-10(12)14(16)19-2/h6-8,10,12,15H,3-5H2,1-2H3/t10-,12-/m0/s1. The van der Waals surface area contributed by atoms with Gasteiger partial charge in [-0.15, -0.1) is 0 Å². The zero-order valence-electron chi connectivity index (χ0n) is 11.5. The van der Waals surface area contributed by atoms with Crippen molar-refractivity contribution in [3.05, 3.63) is 23.8 Å². The van der Waals surface area contributed by atoms with E-state index >= 15 is 0 Å². The minimum atomic E-state index is -3.74. The van der Waals surface area contributed by atoms with E-state index in [2.05, 4.69) is 4.74 Å². The first-order chi connectivity index (χ1) is 9.37. The predicted molar refractivity (Wildman–Crippen MR) is 73.2 cm³/mol. The average molecular weight is 298 g/mol. The number of sulfone groups is 1. The van der Waals surface area contributed by atoms with Crippen LogP contribution in [0.15, 0.2) is 23.1 Å².